The second-order valence-electron chi connectivity index (χ2n) is 5.02. The van der Waals surface area contributed by atoms with Crippen LogP contribution in [-0.2, 0) is 9.59 Å². The van der Waals surface area contributed by atoms with Crippen LogP contribution >= 0.6 is 15.9 Å². The van der Waals surface area contributed by atoms with Crippen LogP contribution in [0.1, 0.15) is 30.6 Å². The van der Waals surface area contributed by atoms with E-state index in [1.165, 1.54) is 4.90 Å². The molecule has 7 heteroatoms. The molecule has 0 spiro atoms. The lowest BCUT2D eigenvalue weighted by atomic mass is 10.2. The number of amides is 2. The van der Waals surface area contributed by atoms with Gasteiger partial charge in [0.1, 0.15) is 6.54 Å². The molecule has 0 unspecified atom stereocenters. The highest BCUT2D eigenvalue weighted by Crippen LogP contribution is 2.10. The van der Waals surface area contributed by atoms with E-state index in [1.54, 1.807) is 38.1 Å². The number of carboxylic acids is 1. The minimum Gasteiger partial charge on any atom is -0.480 e. The number of carbonyl (C=O) groups is 3. The van der Waals surface area contributed by atoms with Crippen molar-refractivity contribution in [1.82, 2.24) is 10.2 Å². The summed E-state index contributed by atoms with van der Waals surface area (Å²) < 4.78 is 0.875. The van der Waals surface area contributed by atoms with Crippen molar-refractivity contribution in [3.63, 3.8) is 0 Å². The molecule has 22 heavy (non-hydrogen) atoms. The Labute approximate surface area is 137 Å². The molecular weight excluding hydrogens is 352 g/mol. The number of hydrogen-bond donors (Lipinski definition) is 2. The van der Waals surface area contributed by atoms with Gasteiger partial charge in [-0.1, -0.05) is 15.9 Å². The van der Waals surface area contributed by atoms with Gasteiger partial charge >= 0.3 is 5.97 Å². The van der Waals surface area contributed by atoms with Gasteiger partial charge in [0, 0.05) is 29.0 Å². The van der Waals surface area contributed by atoms with Crippen molar-refractivity contribution in [3.8, 4) is 0 Å². The molecular formula is C15H19BrN2O4. The van der Waals surface area contributed by atoms with Gasteiger partial charge in [-0.25, -0.2) is 0 Å². The molecule has 0 saturated carbocycles. The first-order valence-electron chi connectivity index (χ1n) is 6.86. The molecule has 0 aliphatic heterocycles. The van der Waals surface area contributed by atoms with Gasteiger partial charge in [0.15, 0.2) is 0 Å². The minimum absolute atomic E-state index is 0.0632. The lowest BCUT2D eigenvalue weighted by Gasteiger charge is -2.24. The number of hydrogen-bond acceptors (Lipinski definition) is 3. The van der Waals surface area contributed by atoms with Crippen LogP contribution in [0, 0.1) is 0 Å². The van der Waals surface area contributed by atoms with Crippen molar-refractivity contribution in [2.24, 2.45) is 0 Å². The predicted molar refractivity (Wildman–Crippen MR) is 85.6 cm³/mol. The summed E-state index contributed by atoms with van der Waals surface area (Å²) in [6.07, 6.45) is 0.0632. The third-order valence-electron chi connectivity index (χ3n) is 2.98. The van der Waals surface area contributed by atoms with Crippen LogP contribution in [-0.4, -0.2) is 46.9 Å². The van der Waals surface area contributed by atoms with Gasteiger partial charge in [0.25, 0.3) is 5.91 Å². The topological polar surface area (TPSA) is 86.7 Å². The van der Waals surface area contributed by atoms with Gasteiger partial charge in [-0.2, -0.15) is 0 Å². The Hall–Kier alpha value is -1.89. The molecule has 0 aliphatic carbocycles. The highest BCUT2D eigenvalue weighted by molar-refractivity contribution is 9.10. The minimum atomic E-state index is -1.05. The van der Waals surface area contributed by atoms with E-state index in [1.807, 2.05) is 0 Å². The third-order valence-corrected chi connectivity index (χ3v) is 3.51. The average Bonchev–Trinajstić information content (AvgIpc) is 2.44. The largest absolute Gasteiger partial charge is 0.480 e. The van der Waals surface area contributed by atoms with E-state index in [0.29, 0.717) is 5.56 Å². The number of carbonyl (C=O) groups excluding carboxylic acids is 2. The Morgan fingerprint density at radius 1 is 1.23 bits per heavy atom. The zero-order valence-corrected chi connectivity index (χ0v) is 14.1. The molecule has 0 fully saturated rings. The van der Waals surface area contributed by atoms with Crippen LogP contribution in [0.5, 0.6) is 0 Å². The van der Waals surface area contributed by atoms with Crippen LogP contribution in [0.25, 0.3) is 0 Å². The maximum atomic E-state index is 12.0. The van der Waals surface area contributed by atoms with Crippen molar-refractivity contribution in [2.45, 2.75) is 26.3 Å². The maximum absolute atomic E-state index is 12.0. The van der Waals surface area contributed by atoms with Crippen molar-refractivity contribution in [3.05, 3.63) is 34.3 Å². The van der Waals surface area contributed by atoms with Gasteiger partial charge in [-0.05, 0) is 38.1 Å². The first kappa shape index (κ1) is 18.2. The third kappa shape index (κ3) is 5.85. The first-order valence-corrected chi connectivity index (χ1v) is 7.65. The highest BCUT2D eigenvalue weighted by Gasteiger charge is 2.19. The molecule has 1 rings (SSSR count). The van der Waals surface area contributed by atoms with Crippen molar-refractivity contribution < 1.29 is 19.5 Å². The van der Waals surface area contributed by atoms with E-state index in [0.717, 1.165) is 4.47 Å². The monoisotopic (exact) mass is 370 g/mol. The van der Waals surface area contributed by atoms with Gasteiger partial charge in [-0.15, -0.1) is 0 Å². The van der Waals surface area contributed by atoms with Gasteiger partial charge < -0.3 is 15.3 Å². The van der Waals surface area contributed by atoms with Crippen LogP contribution in [0.3, 0.4) is 0 Å². The number of benzene rings is 1. The number of rotatable bonds is 7. The Bertz CT molecular complexity index is 543. The van der Waals surface area contributed by atoms with E-state index in [2.05, 4.69) is 21.2 Å². The molecule has 0 aromatic heterocycles. The molecule has 1 aromatic rings. The zero-order valence-electron chi connectivity index (χ0n) is 12.5. The standard InChI is InChI=1S/C15H19BrN2O4/c1-10(2)18(9-14(20)21)13(19)7-8-17-15(22)11-3-5-12(16)6-4-11/h3-6,10H,7-9H2,1-2H3,(H,17,22)(H,20,21). The first-order chi connectivity index (χ1) is 10.3. The van der Waals surface area contributed by atoms with E-state index < -0.39 is 5.97 Å². The summed E-state index contributed by atoms with van der Waals surface area (Å²) in [5.74, 6) is -1.62. The molecule has 0 saturated heterocycles. The number of nitrogens with zero attached hydrogens (tertiary/aromatic N) is 1. The van der Waals surface area contributed by atoms with Crippen LogP contribution in [0.2, 0.25) is 0 Å². The van der Waals surface area contributed by atoms with E-state index in [-0.39, 0.29) is 37.4 Å². The van der Waals surface area contributed by atoms with Gasteiger partial charge in [0.05, 0.1) is 0 Å². The molecule has 0 aliphatic rings. The van der Waals surface area contributed by atoms with Crippen LogP contribution in [0.4, 0.5) is 0 Å². The Balaban J connectivity index is 2.48. The summed E-state index contributed by atoms with van der Waals surface area (Å²) in [5, 5.41) is 11.4. The molecule has 120 valence electrons. The fraction of sp³-hybridized carbons (Fsp3) is 0.400. The maximum Gasteiger partial charge on any atom is 0.323 e. The van der Waals surface area contributed by atoms with Crippen LogP contribution < -0.4 is 5.32 Å². The second-order valence-corrected chi connectivity index (χ2v) is 5.94. The second kappa shape index (κ2) is 8.53. The molecule has 0 radical (unpaired) electrons. The predicted octanol–water partition coefficient (Wildman–Crippen LogP) is 1.89. The number of carboxylic acid groups (broad SMARTS) is 1. The fourth-order valence-electron chi connectivity index (χ4n) is 1.83. The summed E-state index contributed by atoms with van der Waals surface area (Å²) in [5.41, 5.74) is 0.502. The molecule has 2 N–H and O–H groups in total. The van der Waals surface area contributed by atoms with E-state index >= 15 is 0 Å². The SMILES string of the molecule is CC(C)N(CC(=O)O)C(=O)CCNC(=O)c1ccc(Br)cc1. The number of halogens is 1. The van der Waals surface area contributed by atoms with E-state index in [9.17, 15) is 14.4 Å². The van der Waals surface area contributed by atoms with Crippen LogP contribution in [0.15, 0.2) is 28.7 Å². The summed E-state index contributed by atoms with van der Waals surface area (Å²) in [7, 11) is 0. The smallest absolute Gasteiger partial charge is 0.323 e. The molecule has 0 atom stereocenters. The molecule has 6 nitrogen and oxygen atoms in total. The summed E-state index contributed by atoms with van der Waals surface area (Å²) >= 11 is 3.29. The fourth-order valence-corrected chi connectivity index (χ4v) is 2.10. The zero-order chi connectivity index (χ0) is 16.7. The Morgan fingerprint density at radius 3 is 2.32 bits per heavy atom. The van der Waals surface area contributed by atoms with Crippen molar-refractivity contribution in [2.75, 3.05) is 13.1 Å². The van der Waals surface area contributed by atoms with E-state index in [4.69, 9.17) is 5.11 Å². The summed E-state index contributed by atoms with van der Waals surface area (Å²) in [6.45, 7) is 3.33. The molecule has 1 aromatic carbocycles. The lowest BCUT2D eigenvalue weighted by Crippen LogP contribution is -2.42. The summed E-state index contributed by atoms with van der Waals surface area (Å²) in [6, 6.07) is 6.66. The molecule has 2 amide bonds. The normalized spacial score (nSPS) is 10.4. The van der Waals surface area contributed by atoms with Crippen molar-refractivity contribution >= 4 is 33.7 Å². The molecule has 0 bridgehead atoms. The summed E-state index contributed by atoms with van der Waals surface area (Å²) in [4.78, 5) is 35.9. The lowest BCUT2D eigenvalue weighted by molar-refractivity contribution is -0.145. The quantitative estimate of drug-likeness (QED) is 0.767. The van der Waals surface area contributed by atoms with Gasteiger partial charge in [-0.3, -0.25) is 14.4 Å². The number of aliphatic carboxylic acids is 1. The Morgan fingerprint density at radius 2 is 1.82 bits per heavy atom. The molecule has 0 heterocycles. The average molecular weight is 371 g/mol. The highest BCUT2D eigenvalue weighted by atomic mass is 79.9. The Kier molecular flexibility index (Phi) is 7.04. The van der Waals surface area contributed by atoms with Gasteiger partial charge in [0.2, 0.25) is 5.91 Å². The number of nitrogens with one attached hydrogen (secondary N) is 1. The van der Waals surface area contributed by atoms with Crippen molar-refractivity contribution in [1.29, 1.82) is 0 Å².